The molecule has 2 heterocycles. The maximum Gasteiger partial charge on any atom is 0.0193 e. The van der Waals surface area contributed by atoms with Crippen LogP contribution in [0.4, 0.5) is 0 Å². The highest BCUT2D eigenvalue weighted by Crippen LogP contribution is 2.25. The molecule has 0 aromatic carbocycles. The third kappa shape index (κ3) is 3.56. The van der Waals surface area contributed by atoms with Crippen molar-refractivity contribution in [3.05, 3.63) is 11.1 Å². The van der Waals surface area contributed by atoms with Crippen molar-refractivity contribution in [2.75, 3.05) is 32.7 Å². The molecule has 0 aliphatic carbocycles. The second-order valence-corrected chi connectivity index (χ2v) is 6.20. The monoisotopic (exact) mass is 236 g/mol. The molecule has 1 unspecified atom stereocenters. The number of nitrogens with one attached hydrogen (secondary N) is 1. The van der Waals surface area contributed by atoms with Crippen molar-refractivity contribution in [3.8, 4) is 0 Å². The van der Waals surface area contributed by atoms with Crippen LogP contribution in [0.15, 0.2) is 11.1 Å². The second kappa shape index (κ2) is 6.01. The van der Waals surface area contributed by atoms with Gasteiger partial charge in [-0.05, 0) is 56.7 Å². The van der Waals surface area contributed by atoms with E-state index in [2.05, 4.69) is 31.0 Å². The Morgan fingerprint density at radius 2 is 2.06 bits per heavy atom. The zero-order valence-corrected chi connectivity index (χ0v) is 11.8. The molecule has 2 rings (SSSR count). The lowest BCUT2D eigenvalue weighted by Crippen LogP contribution is -2.37. The third-order valence-corrected chi connectivity index (χ3v) is 4.55. The number of hydrogen-bond acceptors (Lipinski definition) is 2. The first-order valence-corrected chi connectivity index (χ1v) is 7.27. The summed E-state index contributed by atoms with van der Waals surface area (Å²) in [5.74, 6) is 1.82. The van der Waals surface area contributed by atoms with Crippen LogP contribution in [0.25, 0.3) is 0 Å². The van der Waals surface area contributed by atoms with E-state index in [1.165, 1.54) is 38.9 Å². The molecule has 0 aromatic heterocycles. The SMILES string of the molecule is CC(CN1CCCC(C(C)C)CC1)=C1CNC1. The fourth-order valence-corrected chi connectivity index (χ4v) is 3.01. The summed E-state index contributed by atoms with van der Waals surface area (Å²) in [6.45, 7) is 13.2. The summed E-state index contributed by atoms with van der Waals surface area (Å²) in [6.07, 6.45) is 4.23. The van der Waals surface area contributed by atoms with Crippen molar-refractivity contribution in [1.29, 1.82) is 0 Å². The van der Waals surface area contributed by atoms with Crippen LogP contribution < -0.4 is 5.32 Å². The van der Waals surface area contributed by atoms with Crippen molar-refractivity contribution < 1.29 is 0 Å². The van der Waals surface area contributed by atoms with Gasteiger partial charge in [0.05, 0.1) is 0 Å². The number of nitrogens with zero attached hydrogens (tertiary/aromatic N) is 1. The molecule has 0 bridgehead atoms. The van der Waals surface area contributed by atoms with Crippen molar-refractivity contribution in [1.82, 2.24) is 10.2 Å². The van der Waals surface area contributed by atoms with Gasteiger partial charge in [-0.2, -0.15) is 0 Å². The largest absolute Gasteiger partial charge is 0.309 e. The Morgan fingerprint density at radius 1 is 1.29 bits per heavy atom. The molecule has 1 N–H and O–H groups in total. The first-order chi connectivity index (χ1) is 8.16. The molecule has 2 heteroatoms. The van der Waals surface area contributed by atoms with Gasteiger partial charge < -0.3 is 5.32 Å². The van der Waals surface area contributed by atoms with Crippen LogP contribution in [-0.2, 0) is 0 Å². The van der Waals surface area contributed by atoms with Gasteiger partial charge in [-0.15, -0.1) is 0 Å². The van der Waals surface area contributed by atoms with Crippen LogP contribution in [-0.4, -0.2) is 37.6 Å². The highest BCUT2D eigenvalue weighted by atomic mass is 15.1. The maximum atomic E-state index is 3.34. The van der Waals surface area contributed by atoms with E-state index >= 15 is 0 Å². The molecular formula is C15H28N2. The Bertz CT molecular complexity index is 275. The lowest BCUT2D eigenvalue weighted by Gasteiger charge is -2.26. The minimum Gasteiger partial charge on any atom is -0.309 e. The molecule has 2 aliphatic rings. The van der Waals surface area contributed by atoms with Crippen molar-refractivity contribution in [2.24, 2.45) is 11.8 Å². The van der Waals surface area contributed by atoms with Gasteiger partial charge in [0.25, 0.3) is 0 Å². The van der Waals surface area contributed by atoms with Gasteiger partial charge in [0, 0.05) is 19.6 Å². The summed E-state index contributed by atoms with van der Waals surface area (Å²) in [6, 6.07) is 0. The molecule has 2 saturated heterocycles. The van der Waals surface area contributed by atoms with E-state index in [-0.39, 0.29) is 0 Å². The van der Waals surface area contributed by atoms with E-state index in [0.717, 1.165) is 24.9 Å². The van der Waals surface area contributed by atoms with E-state index in [9.17, 15) is 0 Å². The summed E-state index contributed by atoms with van der Waals surface area (Å²) in [4.78, 5) is 2.67. The van der Waals surface area contributed by atoms with Gasteiger partial charge in [-0.25, -0.2) is 0 Å². The molecule has 2 nitrogen and oxygen atoms in total. The molecular weight excluding hydrogens is 208 g/mol. The zero-order chi connectivity index (χ0) is 12.3. The highest BCUT2D eigenvalue weighted by Gasteiger charge is 2.20. The summed E-state index contributed by atoms with van der Waals surface area (Å²) >= 11 is 0. The van der Waals surface area contributed by atoms with E-state index in [4.69, 9.17) is 0 Å². The molecule has 0 radical (unpaired) electrons. The smallest absolute Gasteiger partial charge is 0.0193 e. The molecule has 0 aromatic rings. The molecule has 0 amide bonds. The quantitative estimate of drug-likeness (QED) is 0.758. The molecule has 1 atom stereocenters. The Morgan fingerprint density at radius 3 is 2.65 bits per heavy atom. The predicted molar refractivity (Wildman–Crippen MR) is 74.2 cm³/mol. The number of rotatable bonds is 3. The van der Waals surface area contributed by atoms with Crippen LogP contribution >= 0.6 is 0 Å². The summed E-state index contributed by atoms with van der Waals surface area (Å²) in [5.41, 5.74) is 3.27. The van der Waals surface area contributed by atoms with Crippen LogP contribution in [0.1, 0.15) is 40.0 Å². The summed E-state index contributed by atoms with van der Waals surface area (Å²) in [7, 11) is 0. The van der Waals surface area contributed by atoms with Crippen molar-refractivity contribution in [3.63, 3.8) is 0 Å². The fourth-order valence-electron chi connectivity index (χ4n) is 3.01. The lowest BCUT2D eigenvalue weighted by atomic mass is 9.89. The number of hydrogen-bond donors (Lipinski definition) is 1. The molecule has 0 saturated carbocycles. The molecule has 2 fully saturated rings. The number of likely N-dealkylation sites (tertiary alicyclic amines) is 1. The van der Waals surface area contributed by atoms with Gasteiger partial charge in [0.1, 0.15) is 0 Å². The van der Waals surface area contributed by atoms with Gasteiger partial charge in [-0.3, -0.25) is 4.90 Å². The van der Waals surface area contributed by atoms with Crippen LogP contribution in [0.2, 0.25) is 0 Å². The van der Waals surface area contributed by atoms with Gasteiger partial charge >= 0.3 is 0 Å². The highest BCUT2D eigenvalue weighted by molar-refractivity contribution is 5.22. The lowest BCUT2D eigenvalue weighted by molar-refractivity contribution is 0.289. The third-order valence-electron chi connectivity index (χ3n) is 4.55. The van der Waals surface area contributed by atoms with Crippen LogP contribution in [0, 0.1) is 11.8 Å². The van der Waals surface area contributed by atoms with Gasteiger partial charge in [-0.1, -0.05) is 19.4 Å². The van der Waals surface area contributed by atoms with Crippen molar-refractivity contribution >= 4 is 0 Å². The fraction of sp³-hybridized carbons (Fsp3) is 0.867. The zero-order valence-electron chi connectivity index (χ0n) is 11.8. The Labute approximate surface area is 106 Å². The predicted octanol–water partition coefficient (Wildman–Crippen LogP) is 2.66. The average molecular weight is 236 g/mol. The molecule has 0 spiro atoms. The molecule has 2 aliphatic heterocycles. The summed E-state index contributed by atoms with van der Waals surface area (Å²) in [5, 5.41) is 3.34. The Kier molecular flexibility index (Phi) is 4.63. The van der Waals surface area contributed by atoms with Crippen molar-refractivity contribution in [2.45, 2.75) is 40.0 Å². The van der Waals surface area contributed by atoms with E-state index in [0.29, 0.717) is 0 Å². The summed E-state index contributed by atoms with van der Waals surface area (Å²) < 4.78 is 0. The first kappa shape index (κ1) is 13.1. The van der Waals surface area contributed by atoms with Crippen LogP contribution in [0.3, 0.4) is 0 Å². The Hall–Kier alpha value is -0.340. The Balaban J connectivity index is 1.82. The minimum atomic E-state index is 0.866. The standard InChI is InChI=1S/C15H28N2/c1-12(2)14-5-4-7-17(8-6-14)11-13(3)15-9-16-10-15/h12,14,16H,4-11H2,1-3H3. The van der Waals surface area contributed by atoms with E-state index in [1.54, 1.807) is 11.1 Å². The molecule has 17 heavy (non-hydrogen) atoms. The average Bonchev–Trinajstić information content (AvgIpc) is 2.40. The van der Waals surface area contributed by atoms with E-state index < -0.39 is 0 Å². The normalized spacial score (nSPS) is 26.8. The van der Waals surface area contributed by atoms with Gasteiger partial charge in [0.15, 0.2) is 0 Å². The van der Waals surface area contributed by atoms with Crippen LogP contribution in [0.5, 0.6) is 0 Å². The van der Waals surface area contributed by atoms with Gasteiger partial charge in [0.2, 0.25) is 0 Å². The van der Waals surface area contributed by atoms with E-state index in [1.807, 2.05) is 0 Å². The second-order valence-electron chi connectivity index (χ2n) is 6.20. The first-order valence-electron chi connectivity index (χ1n) is 7.27. The molecule has 98 valence electrons. The maximum absolute atomic E-state index is 3.34. The minimum absolute atomic E-state index is 0.866. The topological polar surface area (TPSA) is 15.3 Å².